The highest BCUT2D eigenvalue weighted by Gasteiger charge is 2.43. The van der Waals surface area contributed by atoms with Crippen LogP contribution in [0.25, 0.3) is 0 Å². The molecule has 2 fully saturated rings. The summed E-state index contributed by atoms with van der Waals surface area (Å²) in [4.78, 5) is 82.9. The SMILES string of the molecule is CCOc1cc(C(CS(C)(=O)=O)N2C(=O)c3cccc(NC(=O)CCCCCN4CCN(CC(=O)Nc5cccc(C6CCC(=O)NC6=O)c5)CC4)c3C2=O)ccc1OC. The zero-order valence-electron chi connectivity index (χ0n) is 34.2. The number of benzene rings is 3. The zero-order chi connectivity index (χ0) is 43.0. The Balaban J connectivity index is 0.945. The topological polar surface area (TPSA) is 201 Å². The van der Waals surface area contributed by atoms with Crippen molar-refractivity contribution in [2.45, 2.75) is 57.4 Å². The monoisotopic (exact) mass is 844 g/mol. The summed E-state index contributed by atoms with van der Waals surface area (Å²) in [7, 11) is -2.21. The van der Waals surface area contributed by atoms with Crippen LogP contribution >= 0.6 is 0 Å². The van der Waals surface area contributed by atoms with Crippen molar-refractivity contribution in [2.24, 2.45) is 0 Å². The minimum atomic E-state index is -3.68. The van der Waals surface area contributed by atoms with Crippen molar-refractivity contribution in [2.75, 3.05) is 75.6 Å². The summed E-state index contributed by atoms with van der Waals surface area (Å²) in [6, 6.07) is 15.4. The molecule has 3 heterocycles. The molecule has 3 aromatic rings. The van der Waals surface area contributed by atoms with E-state index in [9.17, 15) is 37.2 Å². The van der Waals surface area contributed by atoms with Crippen molar-refractivity contribution < 1.29 is 46.7 Å². The van der Waals surface area contributed by atoms with Gasteiger partial charge >= 0.3 is 0 Å². The molecule has 0 radical (unpaired) electrons. The molecule has 320 valence electrons. The first kappa shape index (κ1) is 43.9. The van der Waals surface area contributed by atoms with Gasteiger partial charge in [-0.15, -0.1) is 0 Å². The Morgan fingerprint density at radius 1 is 0.867 bits per heavy atom. The van der Waals surface area contributed by atoms with Crippen LogP contribution < -0.4 is 25.4 Å². The van der Waals surface area contributed by atoms with Crippen LogP contribution in [0.4, 0.5) is 11.4 Å². The first-order chi connectivity index (χ1) is 28.7. The summed E-state index contributed by atoms with van der Waals surface area (Å²) < 4.78 is 36.2. The maximum atomic E-state index is 14.0. The molecule has 3 N–H and O–H groups in total. The third kappa shape index (κ3) is 10.9. The number of hydrogen-bond acceptors (Lipinski definition) is 12. The molecule has 3 aliphatic rings. The molecule has 3 aliphatic heterocycles. The lowest BCUT2D eigenvalue weighted by molar-refractivity contribution is -0.134. The van der Waals surface area contributed by atoms with E-state index in [0.717, 1.165) is 62.3 Å². The van der Waals surface area contributed by atoms with Gasteiger partial charge in [-0.25, -0.2) is 8.42 Å². The second kappa shape index (κ2) is 19.6. The molecule has 0 aliphatic carbocycles. The van der Waals surface area contributed by atoms with Crippen molar-refractivity contribution in [3.05, 3.63) is 82.9 Å². The number of nitrogens with zero attached hydrogens (tertiary/aromatic N) is 3. The number of rotatable bonds is 18. The Bertz CT molecular complexity index is 2240. The molecule has 0 bridgehead atoms. The van der Waals surface area contributed by atoms with Crippen LogP contribution in [-0.2, 0) is 29.0 Å². The molecule has 6 rings (SSSR count). The van der Waals surface area contributed by atoms with Crippen molar-refractivity contribution in [3.63, 3.8) is 0 Å². The number of amides is 6. The number of fused-ring (bicyclic) bond motifs is 1. The van der Waals surface area contributed by atoms with E-state index in [1.54, 1.807) is 55.5 Å². The number of hydrogen-bond donors (Lipinski definition) is 3. The highest BCUT2D eigenvalue weighted by molar-refractivity contribution is 7.90. The van der Waals surface area contributed by atoms with E-state index in [4.69, 9.17) is 9.47 Å². The summed E-state index contributed by atoms with van der Waals surface area (Å²) in [5, 5.41) is 8.12. The number of sulfone groups is 1. The lowest BCUT2D eigenvalue weighted by Gasteiger charge is -2.34. The van der Waals surface area contributed by atoms with Gasteiger partial charge < -0.3 is 25.0 Å². The lowest BCUT2D eigenvalue weighted by atomic mass is 9.90. The number of piperazine rings is 1. The first-order valence-corrected chi connectivity index (χ1v) is 22.3. The van der Waals surface area contributed by atoms with Gasteiger partial charge in [-0.1, -0.05) is 30.7 Å². The molecule has 16 nitrogen and oxygen atoms in total. The maximum absolute atomic E-state index is 14.0. The van der Waals surface area contributed by atoms with E-state index >= 15 is 0 Å². The van der Waals surface area contributed by atoms with Crippen molar-refractivity contribution in [1.82, 2.24) is 20.0 Å². The maximum Gasteiger partial charge on any atom is 0.264 e. The van der Waals surface area contributed by atoms with E-state index in [2.05, 4.69) is 25.8 Å². The van der Waals surface area contributed by atoms with Gasteiger partial charge in [0, 0.05) is 51.0 Å². The molecule has 6 amide bonds. The summed E-state index contributed by atoms with van der Waals surface area (Å²) >= 11 is 0. The molecule has 0 aromatic heterocycles. The van der Waals surface area contributed by atoms with Crippen LogP contribution in [0.3, 0.4) is 0 Å². The Labute approximate surface area is 349 Å². The van der Waals surface area contributed by atoms with Gasteiger partial charge in [-0.05, 0) is 80.3 Å². The van der Waals surface area contributed by atoms with Crippen LogP contribution in [0.15, 0.2) is 60.7 Å². The van der Waals surface area contributed by atoms with Crippen LogP contribution in [0.5, 0.6) is 11.5 Å². The largest absolute Gasteiger partial charge is 0.493 e. The van der Waals surface area contributed by atoms with Crippen LogP contribution in [-0.4, -0.2) is 124 Å². The normalized spacial score (nSPS) is 17.9. The minimum Gasteiger partial charge on any atom is -0.493 e. The first-order valence-electron chi connectivity index (χ1n) is 20.2. The van der Waals surface area contributed by atoms with Gasteiger partial charge in [0.25, 0.3) is 11.8 Å². The average molecular weight is 845 g/mol. The van der Waals surface area contributed by atoms with Crippen molar-refractivity contribution >= 4 is 56.7 Å². The molecule has 2 atom stereocenters. The van der Waals surface area contributed by atoms with Crippen molar-refractivity contribution in [3.8, 4) is 11.5 Å². The molecule has 17 heteroatoms. The number of methoxy groups -OCH3 is 1. The zero-order valence-corrected chi connectivity index (χ0v) is 35.0. The van der Waals surface area contributed by atoms with E-state index < -0.39 is 39.4 Å². The Morgan fingerprint density at radius 2 is 1.62 bits per heavy atom. The number of unbranched alkanes of at least 4 members (excludes halogenated alkanes) is 2. The van der Waals surface area contributed by atoms with Crippen LogP contribution in [0.2, 0.25) is 0 Å². The number of carbonyl (C=O) groups excluding carboxylic acids is 6. The fourth-order valence-electron chi connectivity index (χ4n) is 7.90. The van der Waals surface area contributed by atoms with Crippen LogP contribution in [0, 0.1) is 0 Å². The van der Waals surface area contributed by atoms with Gasteiger partial charge in [0.05, 0.1) is 54.8 Å². The van der Waals surface area contributed by atoms with E-state index in [0.29, 0.717) is 42.2 Å². The molecule has 2 saturated heterocycles. The standard InChI is InChI=1S/C43H52N6O10S/c1-4-59-36-25-29(15-17-35(36)58-2)34(27-60(3,56)57)49-42(54)32-12-9-13-33(40(32)43(49)55)45-37(50)14-6-5-7-19-47-20-22-48(23-21-47)26-39(52)44-30-11-8-10-28(24-30)31-16-18-38(51)46-41(31)53/h8-13,15,17,24-25,31,34H,4-7,14,16,18-23,26-27H2,1-3H3,(H,44,52)(H,45,50)(H,46,51,53). The van der Waals surface area contributed by atoms with Crippen LogP contribution in [0.1, 0.15) is 89.3 Å². The van der Waals surface area contributed by atoms with Gasteiger partial charge in [0.15, 0.2) is 11.5 Å². The minimum absolute atomic E-state index is 0.0171. The van der Waals surface area contributed by atoms with Gasteiger partial charge in [-0.3, -0.25) is 43.9 Å². The third-order valence-electron chi connectivity index (χ3n) is 10.9. The van der Waals surface area contributed by atoms with Crippen molar-refractivity contribution in [1.29, 1.82) is 0 Å². The Morgan fingerprint density at radius 3 is 2.33 bits per heavy atom. The Hall–Kier alpha value is -5.65. The second-order valence-electron chi connectivity index (χ2n) is 15.3. The lowest BCUT2D eigenvalue weighted by Crippen LogP contribution is -2.48. The van der Waals surface area contributed by atoms with E-state index in [-0.39, 0.29) is 59.8 Å². The highest BCUT2D eigenvalue weighted by Crippen LogP contribution is 2.39. The van der Waals surface area contributed by atoms with Gasteiger partial charge in [-0.2, -0.15) is 0 Å². The fraction of sp³-hybridized carbons (Fsp3) is 0.442. The summed E-state index contributed by atoms with van der Waals surface area (Å²) in [5.41, 5.74) is 2.02. The molecule has 2 unspecified atom stereocenters. The predicted octanol–water partition coefficient (Wildman–Crippen LogP) is 3.75. The molecule has 3 aromatic carbocycles. The summed E-state index contributed by atoms with van der Waals surface area (Å²) in [5.74, 6) is -2.58. The number of carbonyl (C=O) groups is 6. The number of ether oxygens (including phenoxy) is 2. The number of nitrogens with one attached hydrogen (secondary N) is 3. The molecular weight excluding hydrogens is 793 g/mol. The van der Waals surface area contributed by atoms with E-state index in [1.165, 1.54) is 13.2 Å². The Kier molecular flexibility index (Phi) is 14.4. The smallest absolute Gasteiger partial charge is 0.264 e. The predicted molar refractivity (Wildman–Crippen MR) is 224 cm³/mol. The highest BCUT2D eigenvalue weighted by atomic mass is 32.2. The molecule has 0 saturated carbocycles. The van der Waals surface area contributed by atoms with E-state index in [1.807, 2.05) is 6.07 Å². The van der Waals surface area contributed by atoms with Gasteiger partial charge in [0.2, 0.25) is 23.6 Å². The molecule has 0 spiro atoms. The van der Waals surface area contributed by atoms with Gasteiger partial charge in [0.1, 0.15) is 9.84 Å². The molecular formula is C43H52N6O10S. The number of imide groups is 2. The average Bonchev–Trinajstić information content (AvgIpc) is 3.46. The molecule has 60 heavy (non-hydrogen) atoms. The third-order valence-corrected chi connectivity index (χ3v) is 11.8. The quantitative estimate of drug-likeness (QED) is 0.124. The number of anilines is 2. The summed E-state index contributed by atoms with van der Waals surface area (Å²) in [6.07, 6.45) is 4.25. The number of piperidine rings is 1. The second-order valence-corrected chi connectivity index (χ2v) is 17.5. The fourth-order valence-corrected chi connectivity index (χ4v) is 8.81. The summed E-state index contributed by atoms with van der Waals surface area (Å²) in [6.45, 7) is 6.26.